The minimum atomic E-state index is -0.167. The third-order valence-electron chi connectivity index (χ3n) is 0.591. The van der Waals surface area contributed by atoms with Crippen molar-refractivity contribution in [2.45, 2.75) is 66.3 Å². The van der Waals surface area contributed by atoms with Crippen LogP contribution in [0.5, 0.6) is 0 Å². The molecule has 0 rings (SSSR count). The molecule has 1 atom stereocenters. The first-order valence-electron chi connectivity index (χ1n) is 4.78. The molecule has 1 unspecified atom stereocenters. The summed E-state index contributed by atoms with van der Waals surface area (Å²) in [4.78, 5) is 0. The van der Waals surface area contributed by atoms with Gasteiger partial charge < -0.3 is 15.3 Å². The van der Waals surface area contributed by atoms with Crippen molar-refractivity contribution < 1.29 is 15.3 Å². The minimum absolute atomic E-state index is 0. The lowest BCUT2D eigenvalue weighted by molar-refractivity contribution is 0.191. The zero-order chi connectivity index (χ0) is 11.4. The molecule has 0 fully saturated rings. The van der Waals surface area contributed by atoms with Crippen molar-refractivity contribution >= 4 is 17.4 Å². The summed E-state index contributed by atoms with van der Waals surface area (Å²) in [6.45, 7) is 10.6. The SMILES string of the molecule is CC(C)O.CC(C)O.CCC(C)O.[Al]. The second-order valence-corrected chi connectivity index (χ2v) is 3.44. The van der Waals surface area contributed by atoms with Crippen LogP contribution < -0.4 is 0 Å². The van der Waals surface area contributed by atoms with Gasteiger partial charge in [-0.05, 0) is 41.0 Å². The lowest BCUT2D eigenvalue weighted by Crippen LogP contribution is -1.93. The Morgan fingerprint density at radius 2 is 0.857 bits per heavy atom. The monoisotopic (exact) mass is 221 g/mol. The molecule has 0 heterocycles. The van der Waals surface area contributed by atoms with E-state index in [-0.39, 0.29) is 35.7 Å². The van der Waals surface area contributed by atoms with Crippen LogP contribution in [-0.4, -0.2) is 51.0 Å². The second-order valence-electron chi connectivity index (χ2n) is 3.44. The Morgan fingerprint density at radius 1 is 0.786 bits per heavy atom. The normalized spacial score (nSPS) is 10.5. The summed E-state index contributed by atoms with van der Waals surface area (Å²) >= 11 is 0. The van der Waals surface area contributed by atoms with Gasteiger partial charge >= 0.3 is 0 Å². The van der Waals surface area contributed by atoms with Crippen LogP contribution in [-0.2, 0) is 0 Å². The molecule has 0 aliphatic rings. The second kappa shape index (κ2) is 19.1. The van der Waals surface area contributed by atoms with E-state index in [0.717, 1.165) is 6.42 Å². The Balaban J connectivity index is -0.0000000522. The molecule has 0 aromatic heterocycles. The van der Waals surface area contributed by atoms with E-state index in [0.29, 0.717) is 0 Å². The molecule has 3 nitrogen and oxygen atoms in total. The van der Waals surface area contributed by atoms with E-state index >= 15 is 0 Å². The molecule has 0 aromatic rings. The van der Waals surface area contributed by atoms with Crippen molar-refractivity contribution in [1.29, 1.82) is 0 Å². The first-order valence-corrected chi connectivity index (χ1v) is 4.78. The van der Waals surface area contributed by atoms with Gasteiger partial charge in [-0.15, -0.1) is 0 Å². The third-order valence-corrected chi connectivity index (χ3v) is 0.591. The molecular weight excluding hydrogens is 195 g/mol. The van der Waals surface area contributed by atoms with E-state index in [1.165, 1.54) is 0 Å². The van der Waals surface area contributed by atoms with Crippen LogP contribution in [0.25, 0.3) is 0 Å². The fourth-order valence-corrected chi connectivity index (χ4v) is 0. The van der Waals surface area contributed by atoms with E-state index in [2.05, 4.69) is 0 Å². The van der Waals surface area contributed by atoms with Crippen LogP contribution in [0, 0.1) is 0 Å². The summed E-state index contributed by atoms with van der Waals surface area (Å²) in [5, 5.41) is 24.5. The molecule has 87 valence electrons. The molecule has 4 heteroatoms. The first-order chi connectivity index (χ1) is 5.73. The molecule has 3 radical (unpaired) electrons. The Kier molecular flexibility index (Phi) is 32.6. The number of aliphatic hydroxyl groups is 3. The Morgan fingerprint density at radius 3 is 0.857 bits per heavy atom. The maximum Gasteiger partial charge on any atom is 0.0509 e. The number of hydrogen-bond acceptors (Lipinski definition) is 3. The van der Waals surface area contributed by atoms with Crippen LogP contribution in [0.2, 0.25) is 0 Å². The van der Waals surface area contributed by atoms with Crippen molar-refractivity contribution in [3.8, 4) is 0 Å². The summed E-state index contributed by atoms with van der Waals surface area (Å²) in [7, 11) is 0. The molecule has 0 aromatic carbocycles. The number of hydrogen-bond donors (Lipinski definition) is 3. The van der Waals surface area contributed by atoms with Gasteiger partial charge in [0.2, 0.25) is 0 Å². The molecule has 14 heavy (non-hydrogen) atoms. The molecule has 0 bridgehead atoms. The lowest BCUT2D eigenvalue weighted by atomic mass is 10.3. The van der Waals surface area contributed by atoms with Crippen LogP contribution in [0.15, 0.2) is 0 Å². The molecule has 0 aliphatic carbocycles. The van der Waals surface area contributed by atoms with Crippen LogP contribution in [0.3, 0.4) is 0 Å². The smallest absolute Gasteiger partial charge is 0.0509 e. The summed E-state index contributed by atoms with van der Waals surface area (Å²) < 4.78 is 0. The van der Waals surface area contributed by atoms with Crippen molar-refractivity contribution in [3.63, 3.8) is 0 Å². The quantitative estimate of drug-likeness (QED) is 0.582. The molecule has 0 spiro atoms. The van der Waals surface area contributed by atoms with Gasteiger partial charge in [0.1, 0.15) is 0 Å². The fraction of sp³-hybridized carbons (Fsp3) is 1.00. The van der Waals surface area contributed by atoms with Crippen molar-refractivity contribution in [3.05, 3.63) is 0 Å². The minimum Gasteiger partial charge on any atom is -0.394 e. The highest BCUT2D eigenvalue weighted by Gasteiger charge is 1.81. The molecule has 0 amide bonds. The average Bonchev–Trinajstić information content (AvgIpc) is 1.84. The van der Waals surface area contributed by atoms with Gasteiger partial charge in [0.15, 0.2) is 0 Å². The Bertz CT molecular complexity index is 64.3. The van der Waals surface area contributed by atoms with Crippen LogP contribution in [0.1, 0.15) is 48.0 Å². The van der Waals surface area contributed by atoms with Crippen LogP contribution in [0.4, 0.5) is 0 Å². The van der Waals surface area contributed by atoms with Gasteiger partial charge in [0, 0.05) is 29.6 Å². The van der Waals surface area contributed by atoms with E-state index in [4.69, 9.17) is 15.3 Å². The van der Waals surface area contributed by atoms with Crippen molar-refractivity contribution in [2.75, 3.05) is 0 Å². The fourth-order valence-electron chi connectivity index (χ4n) is 0. The predicted molar refractivity (Wildman–Crippen MR) is 62.4 cm³/mol. The standard InChI is InChI=1S/C4H10O.2C3H8O.Al/c1-3-4(2)5;2*1-3(2)4;/h4-5H,3H2,1-2H3;2*3-4H,1-2H3;. The maximum absolute atomic E-state index is 8.36. The maximum atomic E-state index is 8.36. The molecular formula is C10H26AlO3. The highest BCUT2D eigenvalue weighted by atomic mass is 27.0. The van der Waals surface area contributed by atoms with Gasteiger partial charge in [0.25, 0.3) is 0 Å². The van der Waals surface area contributed by atoms with Crippen LogP contribution >= 0.6 is 0 Å². The molecule has 3 N–H and O–H groups in total. The number of rotatable bonds is 1. The van der Waals surface area contributed by atoms with E-state index in [9.17, 15) is 0 Å². The summed E-state index contributed by atoms with van der Waals surface area (Å²) in [6.07, 6.45) is 0.412. The van der Waals surface area contributed by atoms with Gasteiger partial charge in [-0.1, -0.05) is 6.92 Å². The van der Waals surface area contributed by atoms with Gasteiger partial charge in [-0.3, -0.25) is 0 Å². The average molecular weight is 221 g/mol. The molecule has 0 aliphatic heterocycles. The van der Waals surface area contributed by atoms with Crippen molar-refractivity contribution in [2.24, 2.45) is 0 Å². The number of aliphatic hydroxyl groups excluding tert-OH is 3. The Labute approximate surface area is 99.3 Å². The Hall–Kier alpha value is 0.412. The first kappa shape index (κ1) is 23.9. The topological polar surface area (TPSA) is 60.7 Å². The zero-order valence-corrected chi connectivity index (χ0v) is 11.5. The third kappa shape index (κ3) is 278. The highest BCUT2D eigenvalue weighted by Crippen LogP contribution is 1.81. The van der Waals surface area contributed by atoms with Gasteiger partial charge in [0.05, 0.1) is 6.10 Å². The zero-order valence-electron chi connectivity index (χ0n) is 10.4. The van der Waals surface area contributed by atoms with E-state index in [1.54, 1.807) is 34.6 Å². The van der Waals surface area contributed by atoms with Gasteiger partial charge in [-0.2, -0.15) is 0 Å². The lowest BCUT2D eigenvalue weighted by Gasteiger charge is -1.90. The van der Waals surface area contributed by atoms with E-state index < -0.39 is 0 Å². The highest BCUT2D eigenvalue weighted by molar-refractivity contribution is 5.75. The van der Waals surface area contributed by atoms with Crippen molar-refractivity contribution in [1.82, 2.24) is 0 Å². The summed E-state index contributed by atoms with van der Waals surface area (Å²) in [5.41, 5.74) is 0. The van der Waals surface area contributed by atoms with E-state index in [1.807, 2.05) is 6.92 Å². The summed E-state index contributed by atoms with van der Waals surface area (Å²) in [6, 6.07) is 0. The summed E-state index contributed by atoms with van der Waals surface area (Å²) in [5.74, 6) is 0. The molecule has 0 saturated carbocycles. The molecule has 0 saturated heterocycles. The largest absolute Gasteiger partial charge is 0.394 e. The predicted octanol–water partition coefficient (Wildman–Crippen LogP) is 1.17. The van der Waals surface area contributed by atoms with Gasteiger partial charge in [-0.25, -0.2) is 0 Å².